The van der Waals surface area contributed by atoms with E-state index in [9.17, 15) is 0 Å². The van der Waals surface area contributed by atoms with Crippen LogP contribution in [0.5, 0.6) is 0 Å². The van der Waals surface area contributed by atoms with Gasteiger partial charge in [-0.25, -0.2) is 0 Å². The second-order valence-electron chi connectivity index (χ2n) is 4.90. The predicted molar refractivity (Wildman–Crippen MR) is 67.2 cm³/mol. The fourth-order valence-corrected chi connectivity index (χ4v) is 2.71. The average Bonchev–Trinajstić information content (AvgIpc) is 2.33. The first-order valence-corrected chi connectivity index (χ1v) is 6.75. The molecule has 0 spiro atoms. The molecule has 0 aromatic rings. The Morgan fingerprint density at radius 2 is 2.00 bits per heavy atom. The van der Waals surface area contributed by atoms with Gasteiger partial charge in [0, 0.05) is 25.2 Å². The molecule has 1 unspecified atom stereocenters. The van der Waals surface area contributed by atoms with Crippen molar-refractivity contribution in [3.8, 4) is 0 Å². The van der Waals surface area contributed by atoms with E-state index in [4.69, 9.17) is 4.74 Å². The molecule has 0 aromatic heterocycles. The Morgan fingerprint density at radius 1 is 1.19 bits per heavy atom. The molecule has 1 atom stereocenters. The number of rotatable bonds is 4. The standard InChI is InChI=1S/C13H24N2O/c1-2-15-11-3-5-12(6-4-11)16-13-7-9-14-10-8-13/h9,11-13,15H,2-8,10H2,1H3. The molecular weight excluding hydrogens is 200 g/mol. The van der Waals surface area contributed by atoms with E-state index in [1.807, 2.05) is 6.21 Å². The molecule has 1 fully saturated rings. The lowest BCUT2D eigenvalue weighted by Crippen LogP contribution is -2.36. The topological polar surface area (TPSA) is 33.6 Å². The number of ether oxygens (including phenoxy) is 1. The summed E-state index contributed by atoms with van der Waals surface area (Å²) < 4.78 is 6.14. The van der Waals surface area contributed by atoms with Gasteiger partial charge in [0.05, 0.1) is 12.2 Å². The lowest BCUT2D eigenvalue weighted by molar-refractivity contribution is -0.0331. The molecule has 1 heterocycles. The van der Waals surface area contributed by atoms with E-state index in [1.54, 1.807) is 0 Å². The monoisotopic (exact) mass is 224 g/mol. The van der Waals surface area contributed by atoms with Crippen LogP contribution in [0.3, 0.4) is 0 Å². The minimum Gasteiger partial charge on any atom is -0.375 e. The summed E-state index contributed by atoms with van der Waals surface area (Å²) in [5.74, 6) is 0. The van der Waals surface area contributed by atoms with Crippen molar-refractivity contribution in [3.05, 3.63) is 0 Å². The third-order valence-corrected chi connectivity index (χ3v) is 3.63. The van der Waals surface area contributed by atoms with Gasteiger partial charge in [0.2, 0.25) is 0 Å². The Bertz CT molecular complexity index is 222. The van der Waals surface area contributed by atoms with Gasteiger partial charge in [-0.05, 0) is 38.6 Å². The highest BCUT2D eigenvalue weighted by molar-refractivity contribution is 5.58. The Hall–Kier alpha value is -0.410. The highest BCUT2D eigenvalue weighted by atomic mass is 16.5. The van der Waals surface area contributed by atoms with Crippen LogP contribution in [-0.2, 0) is 4.74 Å². The van der Waals surface area contributed by atoms with Crippen LogP contribution in [0, 0.1) is 0 Å². The van der Waals surface area contributed by atoms with Crippen molar-refractivity contribution in [2.75, 3.05) is 13.1 Å². The normalized spacial score (nSPS) is 35.2. The van der Waals surface area contributed by atoms with E-state index in [1.165, 1.54) is 25.7 Å². The van der Waals surface area contributed by atoms with Crippen molar-refractivity contribution in [1.82, 2.24) is 5.32 Å². The zero-order chi connectivity index (χ0) is 11.2. The van der Waals surface area contributed by atoms with Crippen LogP contribution >= 0.6 is 0 Å². The first-order chi connectivity index (χ1) is 7.88. The molecule has 1 N–H and O–H groups in total. The minimum absolute atomic E-state index is 0.443. The molecule has 2 rings (SSSR count). The van der Waals surface area contributed by atoms with E-state index in [-0.39, 0.29) is 0 Å². The SMILES string of the molecule is CCNC1CCC(OC2CC=NCC2)CC1. The molecule has 3 nitrogen and oxygen atoms in total. The summed E-state index contributed by atoms with van der Waals surface area (Å²) in [6.07, 6.45) is 10.1. The van der Waals surface area contributed by atoms with Gasteiger partial charge in [0.1, 0.15) is 0 Å². The number of nitrogens with zero attached hydrogens (tertiary/aromatic N) is 1. The van der Waals surface area contributed by atoms with Gasteiger partial charge in [-0.3, -0.25) is 4.99 Å². The van der Waals surface area contributed by atoms with Gasteiger partial charge in [0.25, 0.3) is 0 Å². The maximum atomic E-state index is 6.14. The number of aliphatic imine (C=N–C) groups is 1. The quantitative estimate of drug-likeness (QED) is 0.794. The van der Waals surface area contributed by atoms with E-state index in [0.717, 1.165) is 32.0 Å². The van der Waals surface area contributed by atoms with Crippen LogP contribution < -0.4 is 5.32 Å². The summed E-state index contributed by atoms with van der Waals surface area (Å²) in [6, 6.07) is 0.734. The maximum Gasteiger partial charge on any atom is 0.0645 e. The van der Waals surface area contributed by atoms with Gasteiger partial charge in [-0.15, -0.1) is 0 Å². The fraction of sp³-hybridized carbons (Fsp3) is 0.923. The highest BCUT2D eigenvalue weighted by Gasteiger charge is 2.23. The van der Waals surface area contributed by atoms with Crippen molar-refractivity contribution >= 4 is 6.21 Å². The van der Waals surface area contributed by atoms with Crippen LogP contribution in [0.4, 0.5) is 0 Å². The molecule has 16 heavy (non-hydrogen) atoms. The molecule has 1 aliphatic carbocycles. The van der Waals surface area contributed by atoms with Gasteiger partial charge < -0.3 is 10.1 Å². The minimum atomic E-state index is 0.443. The fourth-order valence-electron chi connectivity index (χ4n) is 2.71. The molecule has 92 valence electrons. The molecule has 0 aromatic carbocycles. The van der Waals surface area contributed by atoms with E-state index < -0.39 is 0 Å². The molecule has 1 aliphatic heterocycles. The van der Waals surface area contributed by atoms with Crippen LogP contribution in [0.1, 0.15) is 45.4 Å². The molecule has 0 radical (unpaired) electrons. The van der Waals surface area contributed by atoms with Crippen molar-refractivity contribution in [2.45, 2.75) is 63.7 Å². The largest absolute Gasteiger partial charge is 0.375 e. The summed E-state index contributed by atoms with van der Waals surface area (Å²) in [5.41, 5.74) is 0. The molecule has 0 amide bonds. The highest BCUT2D eigenvalue weighted by Crippen LogP contribution is 2.24. The van der Waals surface area contributed by atoms with Crippen molar-refractivity contribution in [1.29, 1.82) is 0 Å². The molecule has 1 saturated carbocycles. The summed E-state index contributed by atoms with van der Waals surface area (Å²) in [6.45, 7) is 4.23. The first kappa shape index (κ1) is 12.1. The maximum absolute atomic E-state index is 6.14. The first-order valence-electron chi connectivity index (χ1n) is 6.75. The van der Waals surface area contributed by atoms with Crippen molar-refractivity contribution in [3.63, 3.8) is 0 Å². The number of hydrogen-bond donors (Lipinski definition) is 1. The Morgan fingerprint density at radius 3 is 2.62 bits per heavy atom. The van der Waals surface area contributed by atoms with Crippen LogP contribution in [0.15, 0.2) is 4.99 Å². The number of nitrogens with one attached hydrogen (secondary N) is 1. The summed E-state index contributed by atoms with van der Waals surface area (Å²) in [7, 11) is 0. The lowest BCUT2D eigenvalue weighted by Gasteiger charge is -2.32. The molecule has 0 bridgehead atoms. The van der Waals surface area contributed by atoms with E-state index in [0.29, 0.717) is 12.2 Å². The van der Waals surface area contributed by atoms with Crippen molar-refractivity contribution in [2.24, 2.45) is 4.99 Å². The zero-order valence-corrected chi connectivity index (χ0v) is 10.3. The average molecular weight is 224 g/mol. The van der Waals surface area contributed by atoms with Gasteiger partial charge in [-0.1, -0.05) is 6.92 Å². The van der Waals surface area contributed by atoms with Crippen LogP contribution in [0.2, 0.25) is 0 Å². The summed E-state index contributed by atoms with van der Waals surface area (Å²) in [5, 5.41) is 3.53. The van der Waals surface area contributed by atoms with Crippen molar-refractivity contribution < 1.29 is 4.74 Å². The summed E-state index contributed by atoms with van der Waals surface area (Å²) >= 11 is 0. The molecular formula is C13H24N2O. The van der Waals surface area contributed by atoms with Crippen LogP contribution in [-0.4, -0.2) is 37.6 Å². The van der Waals surface area contributed by atoms with E-state index >= 15 is 0 Å². The van der Waals surface area contributed by atoms with Crippen LogP contribution in [0.25, 0.3) is 0 Å². The van der Waals surface area contributed by atoms with Gasteiger partial charge in [0.15, 0.2) is 0 Å². The second-order valence-corrected chi connectivity index (χ2v) is 4.90. The predicted octanol–water partition coefficient (Wildman–Crippen LogP) is 2.16. The third-order valence-electron chi connectivity index (χ3n) is 3.63. The Balaban J connectivity index is 1.66. The van der Waals surface area contributed by atoms with E-state index in [2.05, 4.69) is 17.2 Å². The lowest BCUT2D eigenvalue weighted by atomic mass is 9.92. The second kappa shape index (κ2) is 6.36. The Kier molecular flexibility index (Phi) is 4.79. The summed E-state index contributed by atoms with van der Waals surface area (Å²) in [4.78, 5) is 4.24. The van der Waals surface area contributed by atoms with Gasteiger partial charge >= 0.3 is 0 Å². The molecule has 0 saturated heterocycles. The zero-order valence-electron chi connectivity index (χ0n) is 10.3. The smallest absolute Gasteiger partial charge is 0.0645 e. The molecule has 2 aliphatic rings. The number of hydrogen-bond acceptors (Lipinski definition) is 3. The third kappa shape index (κ3) is 3.56. The Labute approximate surface area is 98.7 Å². The molecule has 3 heteroatoms. The van der Waals surface area contributed by atoms with Gasteiger partial charge in [-0.2, -0.15) is 0 Å².